The summed E-state index contributed by atoms with van der Waals surface area (Å²) in [5, 5.41) is 19.6. The van der Waals surface area contributed by atoms with Gasteiger partial charge in [0.25, 0.3) is 0 Å². The molecule has 0 amide bonds. The van der Waals surface area contributed by atoms with E-state index in [-0.39, 0.29) is 11.5 Å². The summed E-state index contributed by atoms with van der Waals surface area (Å²) in [6.45, 7) is 9.09. The fraction of sp³-hybridized carbons (Fsp3) is 0.682. The van der Waals surface area contributed by atoms with E-state index in [1.165, 1.54) is 18.1 Å². The van der Waals surface area contributed by atoms with Gasteiger partial charge in [0.05, 0.1) is 6.10 Å². The van der Waals surface area contributed by atoms with Crippen LogP contribution >= 0.6 is 0 Å². The lowest BCUT2D eigenvalue weighted by Gasteiger charge is -2.52. The second-order valence-corrected chi connectivity index (χ2v) is 8.76. The molecule has 3 fully saturated rings. The largest absolute Gasteiger partial charge is 0.478 e. The maximum atomic E-state index is 10.7. The molecule has 0 saturated heterocycles. The Morgan fingerprint density at radius 1 is 1.20 bits per heavy atom. The van der Waals surface area contributed by atoms with Crippen molar-refractivity contribution >= 4 is 5.97 Å². The van der Waals surface area contributed by atoms with Crippen LogP contribution in [0.1, 0.15) is 47.0 Å². The molecule has 3 aliphatic carbocycles. The zero-order valence-corrected chi connectivity index (χ0v) is 15.9. The summed E-state index contributed by atoms with van der Waals surface area (Å²) in [6.07, 6.45) is 12.2. The minimum absolute atomic E-state index is 0.176. The van der Waals surface area contributed by atoms with Crippen molar-refractivity contribution in [3.63, 3.8) is 0 Å². The molecule has 0 aromatic rings. The lowest BCUT2D eigenvalue weighted by atomic mass is 9.53. The minimum Gasteiger partial charge on any atom is -0.478 e. The van der Waals surface area contributed by atoms with E-state index in [1.807, 2.05) is 6.08 Å². The molecule has 0 spiro atoms. The normalized spacial score (nSPS) is 46.9. The number of rotatable bonds is 4. The molecule has 0 heterocycles. The number of aliphatic hydroxyl groups excluding tert-OH is 1. The number of hydrogen-bond acceptors (Lipinski definition) is 2. The van der Waals surface area contributed by atoms with E-state index in [0.29, 0.717) is 35.5 Å². The lowest BCUT2D eigenvalue weighted by molar-refractivity contribution is -0.131. The summed E-state index contributed by atoms with van der Waals surface area (Å²) in [4.78, 5) is 10.7. The first-order valence-corrected chi connectivity index (χ1v) is 9.70. The third-order valence-electron chi connectivity index (χ3n) is 7.44. The molecule has 3 heteroatoms. The third-order valence-corrected chi connectivity index (χ3v) is 7.44. The molecule has 0 unspecified atom stereocenters. The van der Waals surface area contributed by atoms with Crippen molar-refractivity contribution in [1.82, 2.24) is 0 Å². The first-order valence-electron chi connectivity index (χ1n) is 9.70. The summed E-state index contributed by atoms with van der Waals surface area (Å²) in [5.74, 6) is 2.06. The Morgan fingerprint density at radius 2 is 1.92 bits per heavy atom. The van der Waals surface area contributed by atoms with Gasteiger partial charge < -0.3 is 10.2 Å². The second kappa shape index (κ2) is 6.75. The molecule has 0 aliphatic heterocycles. The Balaban J connectivity index is 1.98. The van der Waals surface area contributed by atoms with Gasteiger partial charge in [-0.1, -0.05) is 43.7 Å². The van der Waals surface area contributed by atoms with Crippen LogP contribution < -0.4 is 0 Å². The quantitative estimate of drug-likeness (QED) is 0.450. The van der Waals surface area contributed by atoms with Crippen molar-refractivity contribution in [2.75, 3.05) is 0 Å². The smallest absolute Gasteiger partial charge is 0.328 e. The molecule has 138 valence electrons. The van der Waals surface area contributed by atoms with Crippen molar-refractivity contribution in [2.45, 2.75) is 53.1 Å². The predicted molar refractivity (Wildman–Crippen MR) is 99.9 cm³/mol. The van der Waals surface area contributed by atoms with Crippen molar-refractivity contribution in [3.8, 4) is 0 Å². The first-order chi connectivity index (χ1) is 11.8. The molecule has 0 bridgehead atoms. The summed E-state index contributed by atoms with van der Waals surface area (Å²) in [6, 6.07) is 0. The standard InChI is InChI=1S/C22H32O3/c1-5-13(2)21-15(8-6-7-9-18(24)25)19-14(3)10-11-17(23)20(19)16-12-22(16,21)4/h5-9,14-17,19-21,23H,10-12H2,1-4H3,(H,24,25)/t14-,15-,16+,17-,19-,20-,21-,22+/m0/s1. The van der Waals surface area contributed by atoms with E-state index < -0.39 is 5.97 Å². The zero-order valence-electron chi connectivity index (χ0n) is 15.9. The van der Waals surface area contributed by atoms with Crippen LogP contribution in [-0.4, -0.2) is 22.3 Å². The Labute approximate surface area is 151 Å². The SMILES string of the molecule is CC=C(C)[C@H]1[C@@H](C=CC=CC(=O)O)[C@H]2[C@@H]([C@H]3C[C@]31C)[C@@H](O)CC[C@@H]2C. The average molecular weight is 344 g/mol. The minimum atomic E-state index is -0.914. The number of aliphatic carboxylic acids is 1. The number of fused-ring (bicyclic) bond motifs is 3. The van der Waals surface area contributed by atoms with Gasteiger partial charge in [-0.05, 0) is 74.0 Å². The number of aliphatic hydroxyl groups is 1. The number of carboxylic acid groups (broad SMARTS) is 1. The summed E-state index contributed by atoms with van der Waals surface area (Å²) in [5.41, 5.74) is 1.72. The molecule has 8 atom stereocenters. The highest BCUT2D eigenvalue weighted by atomic mass is 16.4. The fourth-order valence-corrected chi connectivity index (χ4v) is 6.21. The molecular weight excluding hydrogens is 312 g/mol. The number of allylic oxidation sites excluding steroid dienone is 5. The highest BCUT2D eigenvalue weighted by molar-refractivity contribution is 5.80. The Bertz CT molecular complexity index is 617. The van der Waals surface area contributed by atoms with Crippen LogP contribution in [-0.2, 0) is 4.79 Å². The van der Waals surface area contributed by atoms with Gasteiger partial charge in [0.1, 0.15) is 0 Å². The highest BCUT2D eigenvalue weighted by Crippen LogP contribution is 2.72. The van der Waals surface area contributed by atoms with E-state index in [9.17, 15) is 9.90 Å². The zero-order chi connectivity index (χ0) is 18.4. The summed E-state index contributed by atoms with van der Waals surface area (Å²) >= 11 is 0. The molecule has 3 rings (SSSR count). The Kier molecular flexibility index (Phi) is 4.98. The van der Waals surface area contributed by atoms with E-state index in [1.54, 1.807) is 6.08 Å². The molecule has 0 aromatic carbocycles. The van der Waals surface area contributed by atoms with E-state index in [0.717, 1.165) is 12.8 Å². The van der Waals surface area contributed by atoms with Gasteiger partial charge in [0, 0.05) is 6.08 Å². The monoisotopic (exact) mass is 344 g/mol. The molecule has 3 aliphatic rings. The Hall–Kier alpha value is -1.35. The van der Waals surface area contributed by atoms with Crippen LogP contribution in [0.5, 0.6) is 0 Å². The van der Waals surface area contributed by atoms with Crippen molar-refractivity contribution in [2.24, 2.45) is 40.9 Å². The molecule has 0 aromatic heterocycles. The van der Waals surface area contributed by atoms with Gasteiger partial charge in [0.2, 0.25) is 0 Å². The van der Waals surface area contributed by atoms with Crippen LogP contribution in [0.3, 0.4) is 0 Å². The van der Waals surface area contributed by atoms with E-state index >= 15 is 0 Å². The Morgan fingerprint density at radius 3 is 2.56 bits per heavy atom. The van der Waals surface area contributed by atoms with Gasteiger partial charge in [-0.2, -0.15) is 0 Å². The van der Waals surface area contributed by atoms with Gasteiger partial charge >= 0.3 is 5.97 Å². The molecule has 25 heavy (non-hydrogen) atoms. The average Bonchev–Trinajstić information content (AvgIpc) is 3.25. The second-order valence-electron chi connectivity index (χ2n) is 8.76. The first kappa shape index (κ1) is 18.4. The fourth-order valence-electron chi connectivity index (χ4n) is 6.21. The third kappa shape index (κ3) is 3.12. The predicted octanol–water partition coefficient (Wildman–Crippen LogP) is 4.45. The van der Waals surface area contributed by atoms with Crippen molar-refractivity contribution in [3.05, 3.63) is 36.0 Å². The number of hydrogen-bond donors (Lipinski definition) is 2. The van der Waals surface area contributed by atoms with Crippen molar-refractivity contribution < 1.29 is 15.0 Å². The van der Waals surface area contributed by atoms with Crippen LogP contribution in [0, 0.1) is 40.9 Å². The summed E-state index contributed by atoms with van der Waals surface area (Å²) in [7, 11) is 0. The van der Waals surface area contributed by atoms with Gasteiger partial charge in [-0.15, -0.1) is 0 Å². The molecular formula is C22H32O3. The molecule has 3 saturated carbocycles. The number of carboxylic acids is 1. The maximum Gasteiger partial charge on any atom is 0.328 e. The van der Waals surface area contributed by atoms with Gasteiger partial charge in [-0.3, -0.25) is 0 Å². The van der Waals surface area contributed by atoms with Gasteiger partial charge in [-0.25, -0.2) is 4.79 Å². The van der Waals surface area contributed by atoms with E-state index in [2.05, 4.69) is 39.8 Å². The summed E-state index contributed by atoms with van der Waals surface area (Å²) < 4.78 is 0. The molecule has 0 radical (unpaired) electrons. The maximum absolute atomic E-state index is 10.7. The van der Waals surface area contributed by atoms with Crippen LogP contribution in [0.15, 0.2) is 36.0 Å². The number of carbonyl (C=O) groups is 1. The van der Waals surface area contributed by atoms with Crippen molar-refractivity contribution in [1.29, 1.82) is 0 Å². The van der Waals surface area contributed by atoms with E-state index in [4.69, 9.17) is 5.11 Å². The lowest BCUT2D eigenvalue weighted by Crippen LogP contribution is -2.49. The molecule has 2 N–H and O–H groups in total. The van der Waals surface area contributed by atoms with Crippen LogP contribution in [0.4, 0.5) is 0 Å². The van der Waals surface area contributed by atoms with Gasteiger partial charge in [0.15, 0.2) is 0 Å². The molecule has 3 nitrogen and oxygen atoms in total. The highest BCUT2D eigenvalue weighted by Gasteiger charge is 2.68. The topological polar surface area (TPSA) is 57.5 Å². The van der Waals surface area contributed by atoms with Crippen LogP contribution in [0.25, 0.3) is 0 Å². The van der Waals surface area contributed by atoms with Crippen LogP contribution in [0.2, 0.25) is 0 Å².